The van der Waals surface area contributed by atoms with Crippen molar-refractivity contribution >= 4 is 23.2 Å². The third-order valence-electron chi connectivity index (χ3n) is 3.11. The SMILES string of the molecule is C[C@H](N)CC(c1cccc(Cl)c1)c1cccc(Cl)c1. The van der Waals surface area contributed by atoms with Gasteiger partial charge < -0.3 is 5.73 Å². The number of hydrogen-bond acceptors (Lipinski definition) is 1. The molecule has 2 N–H and O–H groups in total. The average Bonchev–Trinajstić information content (AvgIpc) is 2.35. The number of hydrogen-bond donors (Lipinski definition) is 1. The average molecular weight is 294 g/mol. The fourth-order valence-corrected chi connectivity index (χ4v) is 2.68. The van der Waals surface area contributed by atoms with Gasteiger partial charge in [-0.1, -0.05) is 47.5 Å². The first kappa shape index (κ1) is 14.4. The molecule has 1 atom stereocenters. The van der Waals surface area contributed by atoms with Crippen LogP contribution in [0.1, 0.15) is 30.4 Å². The van der Waals surface area contributed by atoms with Gasteiger partial charge >= 0.3 is 0 Å². The summed E-state index contributed by atoms with van der Waals surface area (Å²) in [6.07, 6.45) is 0.862. The Morgan fingerprint density at radius 3 is 1.79 bits per heavy atom. The van der Waals surface area contributed by atoms with Crippen molar-refractivity contribution in [1.82, 2.24) is 0 Å². The Bertz CT molecular complexity index is 506. The summed E-state index contributed by atoms with van der Waals surface area (Å²) in [6, 6.07) is 16.0. The van der Waals surface area contributed by atoms with Crippen molar-refractivity contribution in [3.8, 4) is 0 Å². The summed E-state index contributed by atoms with van der Waals surface area (Å²) in [6.45, 7) is 2.02. The van der Waals surface area contributed by atoms with Crippen molar-refractivity contribution in [3.63, 3.8) is 0 Å². The maximum atomic E-state index is 6.09. The zero-order valence-electron chi connectivity index (χ0n) is 10.8. The lowest BCUT2D eigenvalue weighted by molar-refractivity contribution is 0.608. The number of halogens is 2. The van der Waals surface area contributed by atoms with Crippen molar-refractivity contribution in [2.24, 2.45) is 5.73 Å². The van der Waals surface area contributed by atoms with Crippen LogP contribution in [0.5, 0.6) is 0 Å². The lowest BCUT2D eigenvalue weighted by Crippen LogP contribution is -2.19. The predicted octanol–water partition coefficient (Wildman–Crippen LogP) is 4.86. The van der Waals surface area contributed by atoms with Gasteiger partial charge in [-0.25, -0.2) is 0 Å². The summed E-state index contributed by atoms with van der Waals surface area (Å²) in [5.41, 5.74) is 8.32. The van der Waals surface area contributed by atoms with Crippen molar-refractivity contribution in [2.45, 2.75) is 25.3 Å². The molecule has 2 aromatic rings. The first-order valence-electron chi connectivity index (χ1n) is 6.33. The minimum absolute atomic E-state index is 0.114. The van der Waals surface area contributed by atoms with Crippen molar-refractivity contribution in [1.29, 1.82) is 0 Å². The van der Waals surface area contributed by atoms with Crippen LogP contribution in [0.2, 0.25) is 10.0 Å². The molecule has 3 heteroatoms. The van der Waals surface area contributed by atoms with E-state index < -0.39 is 0 Å². The van der Waals surface area contributed by atoms with Gasteiger partial charge in [0.2, 0.25) is 0 Å². The van der Waals surface area contributed by atoms with E-state index in [1.165, 1.54) is 11.1 Å². The number of nitrogens with two attached hydrogens (primary N) is 1. The molecular formula is C16H17Cl2N. The van der Waals surface area contributed by atoms with Gasteiger partial charge in [-0.2, -0.15) is 0 Å². The molecule has 0 heterocycles. The van der Waals surface area contributed by atoms with E-state index in [9.17, 15) is 0 Å². The van der Waals surface area contributed by atoms with Crippen LogP contribution in [-0.4, -0.2) is 6.04 Å². The lowest BCUT2D eigenvalue weighted by Gasteiger charge is -2.20. The second-order valence-electron chi connectivity index (χ2n) is 4.88. The molecular weight excluding hydrogens is 277 g/mol. The zero-order valence-corrected chi connectivity index (χ0v) is 12.3. The second-order valence-corrected chi connectivity index (χ2v) is 5.75. The quantitative estimate of drug-likeness (QED) is 0.856. The highest BCUT2D eigenvalue weighted by Crippen LogP contribution is 2.31. The number of rotatable bonds is 4. The molecule has 2 aromatic carbocycles. The Balaban J connectivity index is 2.41. The fraction of sp³-hybridized carbons (Fsp3) is 0.250. The van der Waals surface area contributed by atoms with Gasteiger partial charge in [0, 0.05) is 22.0 Å². The van der Waals surface area contributed by atoms with E-state index in [2.05, 4.69) is 12.1 Å². The Morgan fingerprint density at radius 1 is 0.947 bits per heavy atom. The van der Waals surface area contributed by atoms with Gasteiger partial charge in [0.05, 0.1) is 0 Å². The highest BCUT2D eigenvalue weighted by atomic mass is 35.5. The van der Waals surface area contributed by atoms with E-state index in [1.807, 2.05) is 43.3 Å². The summed E-state index contributed by atoms with van der Waals surface area (Å²) in [4.78, 5) is 0. The molecule has 0 bridgehead atoms. The summed E-state index contributed by atoms with van der Waals surface area (Å²) in [7, 11) is 0. The summed E-state index contributed by atoms with van der Waals surface area (Å²) >= 11 is 12.2. The molecule has 0 aliphatic heterocycles. The molecule has 100 valence electrons. The molecule has 0 aliphatic rings. The third kappa shape index (κ3) is 3.97. The standard InChI is InChI=1S/C16H17Cl2N/c1-11(19)8-16(12-4-2-6-14(17)9-12)13-5-3-7-15(18)10-13/h2-7,9-11,16H,8,19H2,1H3/t11-/m0/s1. The van der Waals surface area contributed by atoms with Gasteiger partial charge in [-0.3, -0.25) is 0 Å². The molecule has 0 unspecified atom stereocenters. The minimum Gasteiger partial charge on any atom is -0.328 e. The van der Waals surface area contributed by atoms with E-state index in [1.54, 1.807) is 0 Å². The monoisotopic (exact) mass is 293 g/mol. The first-order valence-corrected chi connectivity index (χ1v) is 7.08. The first-order chi connectivity index (χ1) is 9.06. The Hall–Kier alpha value is -1.02. The largest absolute Gasteiger partial charge is 0.328 e. The maximum absolute atomic E-state index is 6.09. The molecule has 0 aromatic heterocycles. The maximum Gasteiger partial charge on any atom is 0.0408 e. The molecule has 0 saturated carbocycles. The minimum atomic E-state index is 0.114. The van der Waals surface area contributed by atoms with E-state index in [4.69, 9.17) is 28.9 Å². The van der Waals surface area contributed by atoms with E-state index in [-0.39, 0.29) is 12.0 Å². The van der Waals surface area contributed by atoms with Crippen LogP contribution in [-0.2, 0) is 0 Å². The van der Waals surface area contributed by atoms with Crippen molar-refractivity contribution in [3.05, 3.63) is 69.7 Å². The Morgan fingerprint density at radius 2 is 1.42 bits per heavy atom. The Kier molecular flexibility index (Phi) is 4.87. The molecule has 19 heavy (non-hydrogen) atoms. The van der Waals surface area contributed by atoms with Crippen molar-refractivity contribution in [2.75, 3.05) is 0 Å². The molecule has 0 aliphatic carbocycles. The van der Waals surface area contributed by atoms with Gasteiger partial charge in [-0.05, 0) is 48.7 Å². The lowest BCUT2D eigenvalue weighted by atomic mass is 9.86. The van der Waals surface area contributed by atoms with Gasteiger partial charge in [0.25, 0.3) is 0 Å². The van der Waals surface area contributed by atoms with Gasteiger partial charge in [0.15, 0.2) is 0 Å². The van der Waals surface area contributed by atoms with E-state index in [0.29, 0.717) is 0 Å². The molecule has 0 fully saturated rings. The van der Waals surface area contributed by atoms with Crippen molar-refractivity contribution < 1.29 is 0 Å². The van der Waals surface area contributed by atoms with Gasteiger partial charge in [0.1, 0.15) is 0 Å². The molecule has 2 rings (SSSR count). The van der Waals surface area contributed by atoms with Crippen LogP contribution in [0.25, 0.3) is 0 Å². The van der Waals surface area contributed by atoms with E-state index >= 15 is 0 Å². The van der Waals surface area contributed by atoms with Crippen LogP contribution < -0.4 is 5.73 Å². The Labute approximate surface area is 124 Å². The second kappa shape index (κ2) is 6.42. The number of benzene rings is 2. The third-order valence-corrected chi connectivity index (χ3v) is 3.58. The highest BCUT2D eigenvalue weighted by molar-refractivity contribution is 6.31. The van der Waals surface area contributed by atoms with Crippen LogP contribution in [0, 0.1) is 0 Å². The van der Waals surface area contributed by atoms with Crippen LogP contribution in [0.4, 0.5) is 0 Å². The van der Waals surface area contributed by atoms with Gasteiger partial charge in [-0.15, -0.1) is 0 Å². The smallest absolute Gasteiger partial charge is 0.0408 e. The zero-order chi connectivity index (χ0) is 13.8. The fourth-order valence-electron chi connectivity index (χ4n) is 2.28. The molecule has 0 radical (unpaired) electrons. The topological polar surface area (TPSA) is 26.0 Å². The summed E-state index contributed by atoms with van der Waals surface area (Å²) in [5, 5.41) is 1.49. The highest BCUT2D eigenvalue weighted by Gasteiger charge is 2.16. The van der Waals surface area contributed by atoms with E-state index in [0.717, 1.165) is 16.5 Å². The molecule has 1 nitrogen and oxygen atoms in total. The summed E-state index contributed by atoms with van der Waals surface area (Å²) in [5.74, 6) is 0.220. The van der Waals surface area contributed by atoms with Crippen LogP contribution in [0.3, 0.4) is 0 Å². The molecule has 0 spiro atoms. The normalized spacial score (nSPS) is 12.7. The van der Waals surface area contributed by atoms with Crippen LogP contribution in [0.15, 0.2) is 48.5 Å². The predicted molar refractivity (Wildman–Crippen MR) is 83.0 cm³/mol. The molecule has 0 amide bonds. The summed E-state index contributed by atoms with van der Waals surface area (Å²) < 4.78 is 0. The molecule has 0 saturated heterocycles. The van der Waals surface area contributed by atoms with Crippen LogP contribution >= 0.6 is 23.2 Å².